The number of pyridine rings is 1. The molecule has 0 spiro atoms. The van der Waals surface area contributed by atoms with Gasteiger partial charge in [0.2, 0.25) is 10.0 Å². The van der Waals surface area contributed by atoms with Gasteiger partial charge in [0.1, 0.15) is 10.6 Å². The summed E-state index contributed by atoms with van der Waals surface area (Å²) < 4.78 is 28.7. The first-order chi connectivity index (χ1) is 9.54. The number of benzene rings is 1. The topological polar surface area (TPSA) is 82.3 Å². The Morgan fingerprint density at radius 3 is 2.85 bits per heavy atom. The smallest absolute Gasteiger partial charge is 0.240 e. The molecule has 0 unspecified atom stereocenters. The predicted octanol–water partition coefficient (Wildman–Crippen LogP) is 1.67. The van der Waals surface area contributed by atoms with Gasteiger partial charge in [-0.3, -0.25) is 4.98 Å². The van der Waals surface area contributed by atoms with Crippen LogP contribution in [0.25, 0.3) is 10.9 Å². The van der Waals surface area contributed by atoms with Gasteiger partial charge in [0.15, 0.2) is 0 Å². The molecule has 0 bridgehead atoms. The highest BCUT2D eigenvalue weighted by Gasteiger charge is 2.15. The maximum atomic E-state index is 11.5. The van der Waals surface area contributed by atoms with E-state index in [1.807, 2.05) is 0 Å². The molecule has 0 saturated heterocycles. The number of primary sulfonamides is 1. The number of nitrogens with two attached hydrogens (primary N) is 1. The summed E-state index contributed by atoms with van der Waals surface area (Å²) in [6.07, 6.45) is 2.12. The molecule has 0 atom stereocenters. The number of nitrogens with zero attached hydrogens (tertiary/aromatic N) is 1. The highest BCUT2D eigenvalue weighted by atomic mass is 32.2. The second-order valence-corrected chi connectivity index (χ2v) is 5.56. The lowest BCUT2D eigenvalue weighted by Crippen LogP contribution is -2.13. The summed E-state index contributed by atoms with van der Waals surface area (Å²) in [6, 6.07) is 6.46. The van der Waals surface area contributed by atoms with E-state index in [4.69, 9.17) is 9.88 Å². The van der Waals surface area contributed by atoms with Gasteiger partial charge in [0.05, 0.1) is 12.1 Å². The number of rotatable bonds is 4. The highest BCUT2D eigenvalue weighted by molar-refractivity contribution is 7.89. The van der Waals surface area contributed by atoms with E-state index in [1.165, 1.54) is 12.3 Å². The van der Waals surface area contributed by atoms with E-state index >= 15 is 0 Å². The molecular formula is C14H14N2O3S. The molecule has 0 amide bonds. The van der Waals surface area contributed by atoms with Crippen molar-refractivity contribution in [1.82, 2.24) is 4.98 Å². The van der Waals surface area contributed by atoms with Crippen LogP contribution in [0, 0.1) is 11.8 Å². The number of hydrogen-bond donors (Lipinski definition) is 1. The third-order valence-corrected chi connectivity index (χ3v) is 3.60. The minimum Gasteiger partial charge on any atom is -0.492 e. The molecule has 104 valence electrons. The molecule has 5 nitrogen and oxygen atoms in total. The number of hydrogen-bond acceptors (Lipinski definition) is 4. The molecule has 0 aliphatic carbocycles. The van der Waals surface area contributed by atoms with Gasteiger partial charge in [0, 0.05) is 18.0 Å². The molecule has 0 radical (unpaired) electrons. The van der Waals surface area contributed by atoms with E-state index in [0.717, 1.165) is 0 Å². The van der Waals surface area contributed by atoms with Crippen LogP contribution in [-0.4, -0.2) is 20.0 Å². The lowest BCUT2D eigenvalue weighted by Gasteiger charge is -2.10. The first-order valence-electron chi connectivity index (χ1n) is 5.97. The first-order valence-corrected chi connectivity index (χ1v) is 7.51. The van der Waals surface area contributed by atoms with Crippen molar-refractivity contribution in [3.05, 3.63) is 30.5 Å². The summed E-state index contributed by atoms with van der Waals surface area (Å²) in [5, 5.41) is 5.80. The van der Waals surface area contributed by atoms with Crippen LogP contribution in [0.5, 0.6) is 5.75 Å². The van der Waals surface area contributed by atoms with Crippen LogP contribution in [0.1, 0.15) is 13.3 Å². The molecule has 1 aromatic carbocycles. The predicted molar refractivity (Wildman–Crippen MR) is 76.7 cm³/mol. The molecule has 6 heteroatoms. The van der Waals surface area contributed by atoms with Gasteiger partial charge in [-0.15, -0.1) is 11.8 Å². The maximum Gasteiger partial charge on any atom is 0.240 e. The molecule has 0 saturated carbocycles. The standard InChI is InChI=1S/C14H14N2O3S/c1-2-3-4-10-19-12-7-8-13(20(15,17)18)14-11(12)6-5-9-16-14/h5-9H,4,10H2,1H3,(H2,15,17,18). The second-order valence-electron chi connectivity index (χ2n) is 4.03. The fourth-order valence-corrected chi connectivity index (χ4v) is 2.50. The summed E-state index contributed by atoms with van der Waals surface area (Å²) in [5.41, 5.74) is 0.314. The van der Waals surface area contributed by atoms with E-state index in [-0.39, 0.29) is 4.90 Å². The van der Waals surface area contributed by atoms with Crippen molar-refractivity contribution in [1.29, 1.82) is 0 Å². The Kier molecular flexibility index (Phi) is 4.23. The van der Waals surface area contributed by atoms with Gasteiger partial charge in [-0.1, -0.05) is 0 Å². The largest absolute Gasteiger partial charge is 0.492 e. The molecule has 2 aromatic rings. The number of ether oxygens (including phenoxy) is 1. The number of fused-ring (bicyclic) bond motifs is 1. The molecule has 0 fully saturated rings. The summed E-state index contributed by atoms with van der Waals surface area (Å²) in [5.74, 6) is 6.25. The fourth-order valence-electron chi connectivity index (χ4n) is 1.81. The molecule has 0 aliphatic heterocycles. The molecule has 1 aromatic heterocycles. The van der Waals surface area contributed by atoms with Gasteiger partial charge in [0.25, 0.3) is 0 Å². The van der Waals surface area contributed by atoms with Crippen LogP contribution < -0.4 is 9.88 Å². The Labute approximate surface area is 117 Å². The van der Waals surface area contributed by atoms with Crippen LogP contribution in [0.3, 0.4) is 0 Å². The summed E-state index contributed by atoms with van der Waals surface area (Å²) in [7, 11) is -3.82. The molecule has 2 N–H and O–H groups in total. The Bertz CT molecular complexity index is 789. The van der Waals surface area contributed by atoms with Crippen LogP contribution in [-0.2, 0) is 10.0 Å². The zero-order valence-electron chi connectivity index (χ0n) is 11.0. The monoisotopic (exact) mass is 290 g/mol. The quantitative estimate of drug-likeness (QED) is 0.686. The minimum absolute atomic E-state index is 0.00574. The number of sulfonamides is 1. The first kappa shape index (κ1) is 14.3. The van der Waals surface area contributed by atoms with Crippen molar-refractivity contribution >= 4 is 20.9 Å². The third-order valence-electron chi connectivity index (χ3n) is 2.66. The van der Waals surface area contributed by atoms with Crippen molar-refractivity contribution < 1.29 is 13.2 Å². The minimum atomic E-state index is -3.82. The van der Waals surface area contributed by atoms with Crippen molar-refractivity contribution in [2.75, 3.05) is 6.61 Å². The van der Waals surface area contributed by atoms with E-state index in [9.17, 15) is 8.42 Å². The SMILES string of the molecule is CC#CCCOc1ccc(S(N)(=O)=O)c2ncccc12. The van der Waals surface area contributed by atoms with Crippen molar-refractivity contribution in [2.45, 2.75) is 18.2 Å². The molecule has 20 heavy (non-hydrogen) atoms. The maximum absolute atomic E-state index is 11.5. The van der Waals surface area contributed by atoms with Gasteiger partial charge in [-0.2, -0.15) is 0 Å². The molecule has 1 heterocycles. The van der Waals surface area contributed by atoms with Gasteiger partial charge < -0.3 is 4.74 Å². The average molecular weight is 290 g/mol. The summed E-state index contributed by atoms with van der Waals surface area (Å²) in [6.45, 7) is 2.19. The van der Waals surface area contributed by atoms with Crippen LogP contribution in [0.2, 0.25) is 0 Å². The van der Waals surface area contributed by atoms with Crippen LogP contribution in [0.4, 0.5) is 0 Å². The summed E-state index contributed by atoms with van der Waals surface area (Å²) in [4.78, 5) is 4.08. The van der Waals surface area contributed by atoms with Crippen molar-refractivity contribution in [3.8, 4) is 17.6 Å². The zero-order chi connectivity index (χ0) is 14.6. The Balaban J connectivity index is 2.45. The average Bonchev–Trinajstić information content (AvgIpc) is 2.42. The number of aromatic nitrogens is 1. The highest BCUT2D eigenvalue weighted by Crippen LogP contribution is 2.28. The van der Waals surface area contributed by atoms with Crippen LogP contribution >= 0.6 is 0 Å². The van der Waals surface area contributed by atoms with E-state index in [1.54, 1.807) is 25.1 Å². The Morgan fingerprint density at radius 2 is 2.15 bits per heavy atom. The van der Waals surface area contributed by atoms with Gasteiger partial charge in [-0.05, 0) is 31.2 Å². The fraction of sp³-hybridized carbons (Fsp3) is 0.214. The molecule has 2 rings (SSSR count). The zero-order valence-corrected chi connectivity index (χ0v) is 11.8. The van der Waals surface area contributed by atoms with Crippen molar-refractivity contribution in [3.63, 3.8) is 0 Å². The second kappa shape index (κ2) is 5.90. The normalized spacial score (nSPS) is 10.9. The Hall–Kier alpha value is -2.10. The van der Waals surface area contributed by atoms with Gasteiger partial charge >= 0.3 is 0 Å². The Morgan fingerprint density at radius 1 is 1.35 bits per heavy atom. The third kappa shape index (κ3) is 3.07. The lowest BCUT2D eigenvalue weighted by atomic mass is 10.2. The lowest BCUT2D eigenvalue weighted by molar-refractivity contribution is 0.331. The van der Waals surface area contributed by atoms with E-state index in [0.29, 0.717) is 29.7 Å². The molecule has 0 aliphatic rings. The molecular weight excluding hydrogens is 276 g/mol. The van der Waals surface area contributed by atoms with E-state index in [2.05, 4.69) is 16.8 Å². The van der Waals surface area contributed by atoms with Crippen LogP contribution in [0.15, 0.2) is 35.4 Å². The van der Waals surface area contributed by atoms with Gasteiger partial charge in [-0.25, -0.2) is 13.6 Å². The van der Waals surface area contributed by atoms with Crippen molar-refractivity contribution in [2.24, 2.45) is 5.14 Å². The summed E-state index contributed by atoms with van der Waals surface area (Å²) >= 11 is 0. The van der Waals surface area contributed by atoms with E-state index < -0.39 is 10.0 Å².